The lowest BCUT2D eigenvalue weighted by atomic mass is 10.1. The van der Waals surface area contributed by atoms with Gasteiger partial charge in [0.05, 0.1) is 17.6 Å². The van der Waals surface area contributed by atoms with Gasteiger partial charge in [-0.3, -0.25) is 9.78 Å². The Morgan fingerprint density at radius 1 is 1.30 bits per heavy atom. The number of hydrogen-bond donors (Lipinski definition) is 1. The molecule has 0 radical (unpaired) electrons. The van der Waals surface area contributed by atoms with Crippen molar-refractivity contribution < 1.29 is 13.6 Å². The van der Waals surface area contributed by atoms with Gasteiger partial charge >= 0.3 is 0 Å². The molecule has 6 heteroatoms. The highest BCUT2D eigenvalue weighted by atomic mass is 19.3. The lowest BCUT2D eigenvalue weighted by Crippen LogP contribution is -2.38. The fourth-order valence-corrected chi connectivity index (χ4v) is 2.05. The van der Waals surface area contributed by atoms with Crippen molar-refractivity contribution in [1.82, 2.24) is 9.88 Å². The third-order valence-corrected chi connectivity index (χ3v) is 2.92. The molecule has 0 bridgehead atoms. The zero-order valence-corrected chi connectivity index (χ0v) is 10.8. The van der Waals surface area contributed by atoms with Gasteiger partial charge in [0.2, 0.25) is 0 Å². The van der Waals surface area contributed by atoms with E-state index in [-0.39, 0.29) is 13.1 Å². The molecule has 4 nitrogen and oxygen atoms in total. The predicted molar refractivity (Wildman–Crippen MR) is 72.7 cm³/mol. The van der Waals surface area contributed by atoms with Crippen molar-refractivity contribution in [3.05, 3.63) is 42.1 Å². The normalized spacial score (nSPS) is 11.0. The Kier molecular flexibility index (Phi) is 4.57. The van der Waals surface area contributed by atoms with Crippen LogP contribution in [-0.4, -0.2) is 41.9 Å². The van der Waals surface area contributed by atoms with Crippen LogP contribution >= 0.6 is 0 Å². The van der Waals surface area contributed by atoms with Crippen LogP contribution in [-0.2, 0) is 0 Å². The van der Waals surface area contributed by atoms with Crippen molar-refractivity contribution in [2.45, 2.75) is 6.43 Å². The van der Waals surface area contributed by atoms with Crippen molar-refractivity contribution in [3.8, 4) is 0 Å². The first-order valence-electron chi connectivity index (χ1n) is 6.24. The molecule has 2 N–H and O–H groups in total. The van der Waals surface area contributed by atoms with E-state index in [1.165, 1.54) is 6.20 Å². The summed E-state index contributed by atoms with van der Waals surface area (Å²) < 4.78 is 25.1. The number of pyridine rings is 1. The van der Waals surface area contributed by atoms with Gasteiger partial charge in [-0.15, -0.1) is 0 Å². The van der Waals surface area contributed by atoms with E-state index in [4.69, 9.17) is 5.73 Å². The van der Waals surface area contributed by atoms with Gasteiger partial charge in [-0.1, -0.05) is 18.2 Å². The Morgan fingerprint density at radius 3 is 2.75 bits per heavy atom. The van der Waals surface area contributed by atoms with Gasteiger partial charge in [-0.25, -0.2) is 8.78 Å². The summed E-state index contributed by atoms with van der Waals surface area (Å²) in [4.78, 5) is 17.6. The highest BCUT2D eigenvalue weighted by Crippen LogP contribution is 2.18. The molecule has 0 aliphatic carbocycles. The standard InChI is InChI=1S/C14H15F2N3O/c15-13(16)9-19(8-6-17)14(20)11-5-7-18-12-4-2-1-3-10(11)12/h1-5,7,13H,6,8-9,17H2. The molecule has 106 valence electrons. The van der Waals surface area contributed by atoms with E-state index >= 15 is 0 Å². The lowest BCUT2D eigenvalue weighted by molar-refractivity contribution is 0.0564. The maximum atomic E-state index is 12.6. The van der Waals surface area contributed by atoms with Crippen LogP contribution in [0.3, 0.4) is 0 Å². The summed E-state index contributed by atoms with van der Waals surface area (Å²) >= 11 is 0. The molecule has 0 atom stereocenters. The minimum Gasteiger partial charge on any atom is -0.332 e. The average Bonchev–Trinajstić information content (AvgIpc) is 2.45. The number of para-hydroxylation sites is 1. The highest BCUT2D eigenvalue weighted by Gasteiger charge is 2.20. The molecule has 0 saturated carbocycles. The Labute approximate surface area is 115 Å². The smallest absolute Gasteiger partial charge is 0.255 e. The molecule has 1 amide bonds. The quantitative estimate of drug-likeness (QED) is 0.909. The maximum Gasteiger partial charge on any atom is 0.255 e. The van der Waals surface area contributed by atoms with Crippen LogP contribution in [0.15, 0.2) is 36.5 Å². The first-order chi connectivity index (χ1) is 9.63. The fourth-order valence-electron chi connectivity index (χ4n) is 2.05. The Bertz CT molecular complexity index is 598. The molecular formula is C14H15F2N3O. The minimum absolute atomic E-state index is 0.0970. The number of benzene rings is 1. The third-order valence-electron chi connectivity index (χ3n) is 2.92. The van der Waals surface area contributed by atoms with E-state index in [0.717, 1.165) is 4.90 Å². The second-order valence-electron chi connectivity index (χ2n) is 4.31. The van der Waals surface area contributed by atoms with Gasteiger partial charge in [0.1, 0.15) is 0 Å². The molecule has 1 aromatic heterocycles. The number of nitrogens with two attached hydrogens (primary N) is 1. The van der Waals surface area contributed by atoms with Crippen LogP contribution in [0.4, 0.5) is 8.78 Å². The van der Waals surface area contributed by atoms with Crippen molar-refractivity contribution in [1.29, 1.82) is 0 Å². The molecule has 0 fully saturated rings. The highest BCUT2D eigenvalue weighted by molar-refractivity contribution is 6.05. The first-order valence-corrected chi connectivity index (χ1v) is 6.24. The number of carbonyl (C=O) groups is 1. The second-order valence-corrected chi connectivity index (χ2v) is 4.31. The van der Waals surface area contributed by atoms with E-state index in [2.05, 4.69) is 4.98 Å². The number of alkyl halides is 2. The number of fused-ring (bicyclic) bond motifs is 1. The monoisotopic (exact) mass is 279 g/mol. The van der Waals surface area contributed by atoms with Crippen molar-refractivity contribution in [2.75, 3.05) is 19.6 Å². The average molecular weight is 279 g/mol. The molecule has 0 saturated heterocycles. The Morgan fingerprint density at radius 2 is 2.05 bits per heavy atom. The Hall–Kier alpha value is -2.08. The topological polar surface area (TPSA) is 59.2 Å². The summed E-state index contributed by atoms with van der Waals surface area (Å²) in [5.74, 6) is -0.450. The predicted octanol–water partition coefficient (Wildman–Crippen LogP) is 1.90. The number of aromatic nitrogens is 1. The number of nitrogens with zero attached hydrogens (tertiary/aromatic N) is 2. The van der Waals surface area contributed by atoms with E-state index in [1.54, 1.807) is 30.3 Å². The number of hydrogen-bond acceptors (Lipinski definition) is 3. The van der Waals surface area contributed by atoms with E-state index < -0.39 is 18.9 Å². The van der Waals surface area contributed by atoms with Crippen molar-refractivity contribution in [3.63, 3.8) is 0 Å². The number of halogens is 2. The van der Waals surface area contributed by atoms with Crippen LogP contribution in [0.2, 0.25) is 0 Å². The molecule has 2 rings (SSSR count). The summed E-state index contributed by atoms with van der Waals surface area (Å²) in [5.41, 5.74) is 6.40. The van der Waals surface area contributed by atoms with Gasteiger partial charge in [-0.2, -0.15) is 0 Å². The molecule has 2 aromatic rings. The molecule has 0 aliphatic heterocycles. The SMILES string of the molecule is NCCN(CC(F)F)C(=O)c1ccnc2ccccc12. The van der Waals surface area contributed by atoms with Gasteiger partial charge in [0.15, 0.2) is 0 Å². The third kappa shape index (κ3) is 3.08. The number of carbonyl (C=O) groups excluding carboxylic acids is 1. The zero-order chi connectivity index (χ0) is 14.5. The van der Waals surface area contributed by atoms with Crippen LogP contribution in [0.25, 0.3) is 10.9 Å². The molecule has 1 aromatic carbocycles. The molecule has 0 spiro atoms. The lowest BCUT2D eigenvalue weighted by Gasteiger charge is -2.22. The summed E-state index contributed by atoms with van der Waals surface area (Å²) in [7, 11) is 0. The van der Waals surface area contributed by atoms with Crippen molar-refractivity contribution >= 4 is 16.8 Å². The second kappa shape index (κ2) is 6.38. The molecule has 0 aliphatic rings. The van der Waals surface area contributed by atoms with Crippen LogP contribution < -0.4 is 5.73 Å². The first kappa shape index (κ1) is 14.3. The molecule has 1 heterocycles. The molecule has 20 heavy (non-hydrogen) atoms. The van der Waals surface area contributed by atoms with E-state index in [1.807, 2.05) is 0 Å². The summed E-state index contributed by atoms with van der Waals surface area (Å²) in [6.07, 6.45) is -1.09. The number of rotatable bonds is 5. The fraction of sp³-hybridized carbons (Fsp3) is 0.286. The summed E-state index contributed by atoms with van der Waals surface area (Å²) in [5, 5.41) is 0.649. The van der Waals surface area contributed by atoms with E-state index in [0.29, 0.717) is 16.5 Å². The maximum absolute atomic E-state index is 12.6. The zero-order valence-electron chi connectivity index (χ0n) is 10.8. The molecule has 0 unspecified atom stereocenters. The van der Waals surface area contributed by atoms with Crippen LogP contribution in [0.1, 0.15) is 10.4 Å². The summed E-state index contributed by atoms with van der Waals surface area (Å²) in [6, 6.07) is 8.65. The minimum atomic E-state index is -2.58. The van der Waals surface area contributed by atoms with E-state index in [9.17, 15) is 13.6 Å². The largest absolute Gasteiger partial charge is 0.332 e. The van der Waals surface area contributed by atoms with Crippen molar-refractivity contribution in [2.24, 2.45) is 5.73 Å². The van der Waals surface area contributed by atoms with Gasteiger partial charge in [0, 0.05) is 24.7 Å². The Balaban J connectivity index is 2.38. The van der Waals surface area contributed by atoms with Gasteiger partial charge in [0.25, 0.3) is 12.3 Å². The summed E-state index contributed by atoms with van der Waals surface area (Å²) in [6.45, 7) is -0.381. The van der Waals surface area contributed by atoms with Gasteiger partial charge in [-0.05, 0) is 12.1 Å². The molecular weight excluding hydrogens is 264 g/mol. The van der Waals surface area contributed by atoms with Crippen LogP contribution in [0.5, 0.6) is 0 Å². The van der Waals surface area contributed by atoms with Crippen LogP contribution in [0, 0.1) is 0 Å². The number of amides is 1. The van der Waals surface area contributed by atoms with Gasteiger partial charge < -0.3 is 10.6 Å².